The number of hydrogen-bond acceptors (Lipinski definition) is 2. The molecular formula is C15H24O2. The van der Waals surface area contributed by atoms with Crippen molar-refractivity contribution in [3.63, 3.8) is 0 Å². The highest BCUT2D eigenvalue weighted by Crippen LogP contribution is 2.18. The quantitative estimate of drug-likeness (QED) is 0.787. The van der Waals surface area contributed by atoms with Crippen LogP contribution in [0.1, 0.15) is 32.8 Å². The van der Waals surface area contributed by atoms with Gasteiger partial charge in [-0.3, -0.25) is 0 Å². The van der Waals surface area contributed by atoms with E-state index in [4.69, 9.17) is 4.74 Å². The van der Waals surface area contributed by atoms with Gasteiger partial charge in [0.1, 0.15) is 0 Å². The van der Waals surface area contributed by atoms with Gasteiger partial charge in [0.2, 0.25) is 0 Å². The minimum absolute atomic E-state index is 0.288. The van der Waals surface area contributed by atoms with Crippen molar-refractivity contribution in [2.45, 2.75) is 39.9 Å². The number of hydrogen-bond donors (Lipinski definition) is 1. The van der Waals surface area contributed by atoms with Gasteiger partial charge in [0, 0.05) is 0 Å². The van der Waals surface area contributed by atoms with Crippen LogP contribution in [0.5, 0.6) is 0 Å². The molecule has 2 heteroatoms. The van der Waals surface area contributed by atoms with Crippen molar-refractivity contribution in [1.82, 2.24) is 0 Å². The smallest absolute Gasteiger partial charge is 0.0801 e. The van der Waals surface area contributed by atoms with Gasteiger partial charge in [-0.15, -0.1) is 0 Å². The van der Waals surface area contributed by atoms with Crippen LogP contribution in [0.25, 0.3) is 0 Å². The fraction of sp³-hybridized carbons (Fsp3) is 0.600. The first-order valence-corrected chi connectivity index (χ1v) is 6.44. The molecule has 0 bridgehead atoms. The summed E-state index contributed by atoms with van der Waals surface area (Å²) in [6.07, 6.45) is 0.727. The summed E-state index contributed by atoms with van der Waals surface area (Å²) >= 11 is 0. The van der Waals surface area contributed by atoms with Gasteiger partial charge >= 0.3 is 0 Å². The number of ether oxygens (including phenoxy) is 1. The van der Waals surface area contributed by atoms with Crippen molar-refractivity contribution in [3.8, 4) is 0 Å². The van der Waals surface area contributed by atoms with Crippen molar-refractivity contribution in [1.29, 1.82) is 0 Å². The first-order chi connectivity index (χ1) is 8.15. The monoisotopic (exact) mass is 236 g/mol. The second-order valence-corrected chi connectivity index (χ2v) is 4.81. The Kier molecular flexibility index (Phi) is 6.23. The largest absolute Gasteiger partial charge is 0.390 e. The third kappa shape index (κ3) is 4.88. The van der Waals surface area contributed by atoms with Gasteiger partial charge in [-0.1, -0.05) is 57.5 Å². The lowest BCUT2D eigenvalue weighted by molar-refractivity contribution is -0.0107. The van der Waals surface area contributed by atoms with E-state index in [9.17, 15) is 5.11 Å². The van der Waals surface area contributed by atoms with E-state index in [0.29, 0.717) is 19.1 Å². The highest BCUT2D eigenvalue weighted by atomic mass is 16.5. The van der Waals surface area contributed by atoms with Crippen LogP contribution in [-0.2, 0) is 11.3 Å². The Morgan fingerprint density at radius 2 is 1.82 bits per heavy atom. The van der Waals surface area contributed by atoms with Crippen molar-refractivity contribution in [2.75, 3.05) is 6.61 Å². The van der Waals surface area contributed by atoms with Gasteiger partial charge in [-0.2, -0.15) is 0 Å². The maximum Gasteiger partial charge on any atom is 0.0801 e. The number of aliphatic hydroxyl groups is 1. The number of aliphatic hydroxyl groups excluding tert-OH is 1. The van der Waals surface area contributed by atoms with E-state index in [1.807, 2.05) is 30.3 Å². The summed E-state index contributed by atoms with van der Waals surface area (Å²) in [5, 5.41) is 9.97. The third-order valence-electron chi connectivity index (χ3n) is 3.55. The lowest BCUT2D eigenvalue weighted by Gasteiger charge is -2.24. The van der Waals surface area contributed by atoms with E-state index in [1.165, 1.54) is 0 Å². The average Bonchev–Trinajstić information content (AvgIpc) is 2.38. The molecule has 1 aromatic carbocycles. The molecule has 0 spiro atoms. The maximum absolute atomic E-state index is 9.97. The van der Waals surface area contributed by atoms with E-state index in [0.717, 1.165) is 12.0 Å². The Bertz CT molecular complexity index is 297. The zero-order valence-corrected chi connectivity index (χ0v) is 11.1. The lowest BCUT2D eigenvalue weighted by Crippen LogP contribution is -2.28. The molecule has 3 unspecified atom stereocenters. The molecule has 1 aromatic rings. The summed E-state index contributed by atoms with van der Waals surface area (Å²) in [6, 6.07) is 10.0. The topological polar surface area (TPSA) is 29.5 Å². The predicted molar refractivity (Wildman–Crippen MR) is 70.7 cm³/mol. The molecule has 1 N–H and O–H groups in total. The lowest BCUT2D eigenvalue weighted by atomic mass is 9.89. The standard InChI is InChI=1S/C15H24O2/c1-4-12(2)13(3)15(16)11-17-10-14-8-6-5-7-9-14/h5-9,12-13,15-16H,4,10-11H2,1-3H3. The molecule has 0 aliphatic carbocycles. The number of benzene rings is 1. The van der Waals surface area contributed by atoms with Crippen LogP contribution in [0.15, 0.2) is 30.3 Å². The highest BCUT2D eigenvalue weighted by Gasteiger charge is 2.19. The van der Waals surface area contributed by atoms with Gasteiger partial charge in [0.05, 0.1) is 19.3 Å². The molecule has 1 rings (SSSR count). The fourth-order valence-electron chi connectivity index (χ4n) is 1.77. The summed E-state index contributed by atoms with van der Waals surface area (Å²) < 4.78 is 5.55. The molecule has 0 aromatic heterocycles. The Balaban J connectivity index is 2.27. The van der Waals surface area contributed by atoms with E-state index in [1.54, 1.807) is 0 Å². The summed E-state index contributed by atoms with van der Waals surface area (Å²) in [4.78, 5) is 0. The van der Waals surface area contributed by atoms with Crippen LogP contribution >= 0.6 is 0 Å². The second-order valence-electron chi connectivity index (χ2n) is 4.81. The van der Waals surface area contributed by atoms with Gasteiger partial charge in [0.15, 0.2) is 0 Å². The van der Waals surface area contributed by atoms with Crippen LogP contribution in [0, 0.1) is 11.8 Å². The van der Waals surface area contributed by atoms with Crippen LogP contribution in [0.3, 0.4) is 0 Å². The molecule has 0 aliphatic rings. The Hall–Kier alpha value is -0.860. The molecule has 0 fully saturated rings. The SMILES string of the molecule is CCC(C)C(C)C(O)COCc1ccccc1. The first kappa shape index (κ1) is 14.2. The van der Waals surface area contributed by atoms with Gasteiger partial charge < -0.3 is 9.84 Å². The molecule has 0 heterocycles. The van der Waals surface area contributed by atoms with Crippen LogP contribution in [0.2, 0.25) is 0 Å². The van der Waals surface area contributed by atoms with E-state index < -0.39 is 0 Å². The van der Waals surface area contributed by atoms with E-state index in [-0.39, 0.29) is 12.0 Å². The molecular weight excluding hydrogens is 212 g/mol. The second kappa shape index (κ2) is 7.46. The van der Waals surface area contributed by atoms with Gasteiger partial charge in [-0.25, -0.2) is 0 Å². The van der Waals surface area contributed by atoms with E-state index >= 15 is 0 Å². The first-order valence-electron chi connectivity index (χ1n) is 6.44. The minimum atomic E-state index is -0.367. The highest BCUT2D eigenvalue weighted by molar-refractivity contribution is 5.13. The summed E-state index contributed by atoms with van der Waals surface area (Å²) in [7, 11) is 0. The maximum atomic E-state index is 9.97. The summed E-state index contributed by atoms with van der Waals surface area (Å²) in [6.45, 7) is 7.40. The molecule has 17 heavy (non-hydrogen) atoms. The van der Waals surface area contributed by atoms with E-state index in [2.05, 4.69) is 20.8 Å². The molecule has 96 valence electrons. The van der Waals surface area contributed by atoms with Crippen LogP contribution in [0.4, 0.5) is 0 Å². The summed E-state index contributed by atoms with van der Waals surface area (Å²) in [5.74, 6) is 0.820. The predicted octanol–water partition coefficient (Wildman–Crippen LogP) is 3.25. The van der Waals surface area contributed by atoms with Gasteiger partial charge in [0.25, 0.3) is 0 Å². The van der Waals surface area contributed by atoms with Crippen molar-refractivity contribution in [2.24, 2.45) is 11.8 Å². The summed E-state index contributed by atoms with van der Waals surface area (Å²) in [5.41, 5.74) is 1.15. The Morgan fingerprint density at radius 3 is 2.41 bits per heavy atom. The van der Waals surface area contributed by atoms with Crippen LogP contribution in [-0.4, -0.2) is 17.8 Å². The van der Waals surface area contributed by atoms with Crippen molar-refractivity contribution < 1.29 is 9.84 Å². The van der Waals surface area contributed by atoms with Crippen molar-refractivity contribution in [3.05, 3.63) is 35.9 Å². The molecule has 0 saturated heterocycles. The third-order valence-corrected chi connectivity index (χ3v) is 3.55. The van der Waals surface area contributed by atoms with Crippen molar-refractivity contribution >= 4 is 0 Å². The average molecular weight is 236 g/mol. The molecule has 3 atom stereocenters. The van der Waals surface area contributed by atoms with Gasteiger partial charge in [-0.05, 0) is 17.4 Å². The molecule has 0 aliphatic heterocycles. The molecule has 0 radical (unpaired) electrons. The normalized spacial score (nSPS) is 16.5. The fourth-order valence-corrected chi connectivity index (χ4v) is 1.77. The minimum Gasteiger partial charge on any atom is -0.390 e. The molecule has 2 nitrogen and oxygen atoms in total. The molecule has 0 saturated carbocycles. The zero-order chi connectivity index (χ0) is 12.7. The number of rotatable bonds is 7. The Morgan fingerprint density at radius 1 is 1.18 bits per heavy atom. The molecule has 0 amide bonds. The Labute approximate surface area is 105 Å². The zero-order valence-electron chi connectivity index (χ0n) is 11.1. The van der Waals surface area contributed by atoms with Crippen LogP contribution < -0.4 is 0 Å².